The Balaban J connectivity index is 0.000000187. The van der Waals surface area contributed by atoms with Crippen molar-refractivity contribution in [3.8, 4) is 5.75 Å². The number of aliphatic hydroxyl groups excluding tert-OH is 3. The van der Waals surface area contributed by atoms with Gasteiger partial charge in [-0.2, -0.15) is 0 Å². The van der Waals surface area contributed by atoms with E-state index < -0.39 is 42.3 Å². The van der Waals surface area contributed by atoms with E-state index in [0.29, 0.717) is 21.7 Å². The Hall–Kier alpha value is -5.18. The molecule has 1 aromatic heterocycles. The van der Waals surface area contributed by atoms with Crippen molar-refractivity contribution in [2.75, 3.05) is 13.7 Å². The average Bonchev–Trinajstić information content (AvgIpc) is 3.65. The molecule has 0 bridgehead atoms. The molecule has 4 aromatic carbocycles. The first kappa shape index (κ1) is 36.3. The molecule has 1 saturated heterocycles. The molecular formula is C34H33NO11S. The number of carboxylic acid groups (broad SMARTS) is 3. The second kappa shape index (κ2) is 18.1. The summed E-state index contributed by atoms with van der Waals surface area (Å²) in [5.41, 5.74) is 1.77. The van der Waals surface area contributed by atoms with Crippen LogP contribution in [0.25, 0.3) is 10.2 Å². The van der Waals surface area contributed by atoms with E-state index in [1.165, 1.54) is 11.3 Å². The molecule has 13 heteroatoms. The fourth-order valence-electron chi connectivity index (χ4n) is 4.02. The molecule has 0 unspecified atom stereocenters. The van der Waals surface area contributed by atoms with Gasteiger partial charge in [0, 0.05) is 0 Å². The van der Waals surface area contributed by atoms with E-state index in [1.54, 1.807) is 98.1 Å². The number of benzene rings is 4. The molecule has 246 valence electrons. The van der Waals surface area contributed by atoms with Crippen molar-refractivity contribution >= 4 is 39.5 Å². The lowest BCUT2D eigenvalue weighted by atomic mass is 10.1. The first-order valence-electron chi connectivity index (χ1n) is 14.0. The van der Waals surface area contributed by atoms with E-state index in [-0.39, 0.29) is 6.61 Å². The van der Waals surface area contributed by atoms with Crippen molar-refractivity contribution in [3.63, 3.8) is 0 Å². The summed E-state index contributed by atoms with van der Waals surface area (Å²) in [5, 5.41) is 54.6. The third-order valence-corrected chi connectivity index (χ3v) is 7.54. The van der Waals surface area contributed by atoms with Crippen LogP contribution in [-0.4, -0.2) is 85.6 Å². The zero-order valence-corrected chi connectivity index (χ0v) is 25.8. The lowest BCUT2D eigenvalue weighted by Crippen LogP contribution is -2.32. The van der Waals surface area contributed by atoms with E-state index >= 15 is 0 Å². The summed E-state index contributed by atoms with van der Waals surface area (Å²) in [7, 11) is 1.59. The van der Waals surface area contributed by atoms with Crippen LogP contribution in [0, 0.1) is 0 Å². The number of ether oxygens (including phenoxy) is 2. The molecule has 5 aromatic rings. The fourth-order valence-corrected chi connectivity index (χ4v) is 5.09. The molecule has 0 aliphatic carbocycles. The van der Waals surface area contributed by atoms with Gasteiger partial charge in [0.15, 0.2) is 0 Å². The van der Waals surface area contributed by atoms with Crippen LogP contribution in [0.2, 0.25) is 0 Å². The maximum Gasteiger partial charge on any atom is 0.335 e. The number of carbonyl (C=O) groups is 3. The molecule has 4 atom stereocenters. The molecule has 6 rings (SSSR count). The number of aromatic nitrogens is 1. The van der Waals surface area contributed by atoms with Crippen LogP contribution in [0.1, 0.15) is 42.2 Å². The normalized spacial score (nSPS) is 17.9. The topological polar surface area (TPSA) is 204 Å². The number of fused-ring (bicyclic) bond motifs is 1. The van der Waals surface area contributed by atoms with E-state index in [1.807, 2.05) is 18.2 Å². The number of aromatic carboxylic acids is 3. The highest BCUT2D eigenvalue weighted by Gasteiger charge is 2.44. The standard InChI is InChI=1S/C13H15NO5S.3C7H6O2/c1-18-6-2-3-7-9(4-6)20-13(14-7)12-11(17)10(16)8(5-15)19-12;3*8-7(9)6-4-2-1-3-5-6/h2-4,8,10-12,15-17H,5H2,1H3;3*1-5H,(H,8,9)/t8-,10-,11-,12-;;;/m1.../s1. The van der Waals surface area contributed by atoms with E-state index in [4.69, 9.17) is 29.9 Å². The molecule has 1 aliphatic heterocycles. The van der Waals surface area contributed by atoms with Gasteiger partial charge in [0.05, 0.1) is 40.6 Å². The number of aliphatic hydroxyl groups is 3. The van der Waals surface area contributed by atoms with Gasteiger partial charge >= 0.3 is 17.9 Å². The van der Waals surface area contributed by atoms with Crippen LogP contribution in [0.3, 0.4) is 0 Å². The van der Waals surface area contributed by atoms with Gasteiger partial charge in [-0.15, -0.1) is 11.3 Å². The zero-order valence-electron chi connectivity index (χ0n) is 25.0. The Bertz CT molecular complexity index is 1600. The minimum atomic E-state index is -1.11. The summed E-state index contributed by atoms with van der Waals surface area (Å²) >= 11 is 1.37. The maximum atomic E-state index is 10.2. The third-order valence-electron chi connectivity index (χ3n) is 6.46. The second-order valence-corrected chi connectivity index (χ2v) is 10.7. The molecular weight excluding hydrogens is 630 g/mol. The molecule has 2 heterocycles. The van der Waals surface area contributed by atoms with Crippen molar-refractivity contribution in [1.29, 1.82) is 0 Å². The third kappa shape index (κ3) is 10.7. The van der Waals surface area contributed by atoms with Crippen LogP contribution < -0.4 is 4.74 Å². The Morgan fingerprint density at radius 1 is 0.723 bits per heavy atom. The van der Waals surface area contributed by atoms with E-state index in [0.717, 1.165) is 16.0 Å². The molecule has 0 amide bonds. The smallest absolute Gasteiger partial charge is 0.335 e. The highest BCUT2D eigenvalue weighted by Crippen LogP contribution is 2.38. The van der Waals surface area contributed by atoms with Crippen molar-refractivity contribution in [1.82, 2.24) is 4.98 Å². The predicted molar refractivity (Wildman–Crippen MR) is 173 cm³/mol. The van der Waals surface area contributed by atoms with Crippen molar-refractivity contribution < 1.29 is 54.5 Å². The molecule has 1 aliphatic rings. The van der Waals surface area contributed by atoms with Crippen LogP contribution in [0.15, 0.2) is 109 Å². The summed E-state index contributed by atoms with van der Waals surface area (Å²) in [6, 6.07) is 30.4. The number of methoxy groups -OCH3 is 1. The monoisotopic (exact) mass is 663 g/mol. The molecule has 0 radical (unpaired) electrons. The lowest BCUT2D eigenvalue weighted by molar-refractivity contribution is -0.0227. The second-order valence-electron chi connectivity index (χ2n) is 9.66. The summed E-state index contributed by atoms with van der Waals surface area (Å²) < 4.78 is 11.5. The van der Waals surface area contributed by atoms with Crippen molar-refractivity contribution in [2.45, 2.75) is 24.4 Å². The minimum Gasteiger partial charge on any atom is -0.497 e. The molecule has 47 heavy (non-hydrogen) atoms. The fraction of sp³-hybridized carbons (Fsp3) is 0.176. The van der Waals surface area contributed by atoms with Crippen LogP contribution in [-0.2, 0) is 4.74 Å². The first-order chi connectivity index (χ1) is 22.5. The number of rotatable bonds is 6. The van der Waals surface area contributed by atoms with Crippen molar-refractivity contribution in [3.05, 3.63) is 131 Å². The highest BCUT2D eigenvalue weighted by atomic mass is 32.1. The molecule has 0 spiro atoms. The Morgan fingerprint density at radius 2 is 1.17 bits per heavy atom. The zero-order chi connectivity index (χ0) is 34.3. The Kier molecular flexibility index (Phi) is 14.0. The summed E-state index contributed by atoms with van der Waals surface area (Å²) in [4.78, 5) is 35.0. The quantitative estimate of drug-likeness (QED) is 0.147. The number of nitrogens with zero attached hydrogens (tertiary/aromatic N) is 1. The van der Waals surface area contributed by atoms with Gasteiger partial charge in [-0.1, -0.05) is 54.6 Å². The SMILES string of the molecule is COc1ccc2nc([C@@H]3O[C@H](CO)[C@@H](O)[C@H]3O)sc2c1.O=C(O)c1ccccc1.O=C(O)c1ccccc1.O=C(O)c1ccccc1. The summed E-state index contributed by atoms with van der Waals surface area (Å²) in [6.45, 7) is -0.340. The Labute approximate surface area is 273 Å². The molecule has 0 saturated carbocycles. The first-order valence-corrected chi connectivity index (χ1v) is 14.8. The van der Waals surface area contributed by atoms with Crippen LogP contribution in [0.4, 0.5) is 0 Å². The summed E-state index contributed by atoms with van der Waals surface area (Å²) in [5.74, 6) is -1.91. The van der Waals surface area contributed by atoms with Gasteiger partial charge in [0.2, 0.25) is 0 Å². The molecule has 6 N–H and O–H groups in total. The maximum absolute atomic E-state index is 10.2. The number of hydrogen-bond acceptors (Lipinski definition) is 10. The largest absolute Gasteiger partial charge is 0.497 e. The van der Waals surface area contributed by atoms with Gasteiger partial charge < -0.3 is 40.1 Å². The van der Waals surface area contributed by atoms with E-state index in [2.05, 4.69) is 4.98 Å². The molecule has 1 fully saturated rings. The Morgan fingerprint density at radius 3 is 1.51 bits per heavy atom. The van der Waals surface area contributed by atoms with Gasteiger partial charge in [0.25, 0.3) is 0 Å². The summed E-state index contributed by atoms with van der Waals surface area (Å²) in [6.07, 6.45) is -3.69. The van der Waals surface area contributed by atoms with Crippen molar-refractivity contribution in [2.24, 2.45) is 0 Å². The van der Waals surface area contributed by atoms with E-state index in [9.17, 15) is 24.6 Å². The number of thiazole rings is 1. The van der Waals surface area contributed by atoms with Gasteiger partial charge in [-0.05, 0) is 54.6 Å². The van der Waals surface area contributed by atoms with Crippen LogP contribution in [0.5, 0.6) is 5.75 Å². The highest BCUT2D eigenvalue weighted by molar-refractivity contribution is 7.18. The lowest BCUT2D eigenvalue weighted by Gasteiger charge is -2.11. The van der Waals surface area contributed by atoms with Gasteiger partial charge in [0.1, 0.15) is 35.2 Å². The number of hydrogen-bond donors (Lipinski definition) is 6. The number of carboxylic acids is 3. The predicted octanol–water partition coefficient (Wildman–Crippen LogP) is 4.61. The average molecular weight is 664 g/mol. The molecule has 12 nitrogen and oxygen atoms in total. The van der Waals surface area contributed by atoms with Gasteiger partial charge in [-0.25, -0.2) is 19.4 Å². The minimum absolute atomic E-state index is 0.331. The van der Waals surface area contributed by atoms with Crippen LogP contribution >= 0.6 is 11.3 Å². The van der Waals surface area contributed by atoms with Gasteiger partial charge in [-0.3, -0.25) is 0 Å².